The van der Waals surface area contributed by atoms with Crippen molar-refractivity contribution in [3.05, 3.63) is 64.4 Å². The average Bonchev–Trinajstić information content (AvgIpc) is 2.68. The largest absolute Gasteiger partial charge is 0.497 e. The fraction of sp³-hybridized carbons (Fsp3) is 0.105. The Labute approximate surface area is 159 Å². The summed E-state index contributed by atoms with van der Waals surface area (Å²) in [5, 5.41) is 9.90. The van der Waals surface area contributed by atoms with Crippen LogP contribution >= 0.6 is 23.5 Å². The maximum atomic E-state index is 12.2. The SMILES string of the molecule is COc1ccc(Sc2ccccc2-c2nc(SC)[nH]c(=O)c2C#N)cc1. The van der Waals surface area contributed by atoms with Gasteiger partial charge in [0.1, 0.15) is 17.4 Å². The van der Waals surface area contributed by atoms with E-state index in [-0.39, 0.29) is 5.56 Å². The summed E-state index contributed by atoms with van der Waals surface area (Å²) in [6.45, 7) is 0. The Hall–Kier alpha value is -2.69. The van der Waals surface area contributed by atoms with E-state index in [0.29, 0.717) is 10.9 Å². The van der Waals surface area contributed by atoms with Gasteiger partial charge < -0.3 is 9.72 Å². The fourth-order valence-corrected chi connectivity index (χ4v) is 3.69. The van der Waals surface area contributed by atoms with Crippen molar-refractivity contribution in [2.24, 2.45) is 0 Å². The number of rotatable bonds is 5. The number of nitrogens with zero attached hydrogens (tertiary/aromatic N) is 2. The van der Waals surface area contributed by atoms with Gasteiger partial charge in [-0.05, 0) is 36.6 Å². The van der Waals surface area contributed by atoms with Gasteiger partial charge in [0.2, 0.25) is 0 Å². The molecule has 26 heavy (non-hydrogen) atoms. The first kappa shape index (κ1) is 18.1. The van der Waals surface area contributed by atoms with Gasteiger partial charge in [-0.15, -0.1) is 0 Å². The lowest BCUT2D eigenvalue weighted by atomic mass is 10.1. The molecule has 0 saturated heterocycles. The molecule has 0 bridgehead atoms. The minimum absolute atomic E-state index is 0.0191. The summed E-state index contributed by atoms with van der Waals surface area (Å²) in [5.41, 5.74) is 0.750. The summed E-state index contributed by atoms with van der Waals surface area (Å²) in [7, 11) is 1.63. The van der Waals surface area contributed by atoms with Crippen molar-refractivity contribution in [1.82, 2.24) is 9.97 Å². The first-order valence-electron chi connectivity index (χ1n) is 7.66. The molecule has 0 atom stereocenters. The van der Waals surface area contributed by atoms with E-state index in [2.05, 4.69) is 9.97 Å². The van der Waals surface area contributed by atoms with Crippen molar-refractivity contribution in [3.8, 4) is 23.1 Å². The highest BCUT2D eigenvalue weighted by Gasteiger charge is 2.16. The molecule has 130 valence electrons. The highest BCUT2D eigenvalue weighted by atomic mass is 32.2. The second kappa shape index (κ2) is 8.13. The van der Waals surface area contributed by atoms with Crippen LogP contribution in [0.2, 0.25) is 0 Å². The third kappa shape index (κ3) is 3.77. The average molecular weight is 381 g/mol. The topological polar surface area (TPSA) is 78.8 Å². The number of ether oxygens (including phenoxy) is 1. The Morgan fingerprint density at radius 2 is 1.88 bits per heavy atom. The van der Waals surface area contributed by atoms with Crippen LogP contribution in [-0.2, 0) is 0 Å². The minimum atomic E-state index is -0.425. The Balaban J connectivity index is 2.09. The van der Waals surface area contributed by atoms with Gasteiger partial charge in [0.25, 0.3) is 5.56 Å². The molecule has 0 aliphatic heterocycles. The number of aromatic nitrogens is 2. The molecular weight excluding hydrogens is 366 g/mol. The van der Waals surface area contributed by atoms with E-state index in [4.69, 9.17) is 4.74 Å². The third-order valence-electron chi connectivity index (χ3n) is 3.63. The predicted octanol–water partition coefficient (Wildman–Crippen LogP) is 4.19. The van der Waals surface area contributed by atoms with E-state index in [0.717, 1.165) is 21.1 Å². The zero-order valence-electron chi connectivity index (χ0n) is 14.1. The minimum Gasteiger partial charge on any atom is -0.497 e. The lowest BCUT2D eigenvalue weighted by molar-refractivity contribution is 0.414. The zero-order valence-corrected chi connectivity index (χ0v) is 15.8. The van der Waals surface area contributed by atoms with Crippen LogP contribution in [0.1, 0.15) is 5.56 Å². The molecular formula is C19H15N3O2S2. The highest BCUT2D eigenvalue weighted by Crippen LogP contribution is 2.36. The molecule has 0 aliphatic carbocycles. The first-order valence-corrected chi connectivity index (χ1v) is 9.70. The van der Waals surface area contributed by atoms with Crippen LogP contribution in [0.15, 0.2) is 68.3 Å². The zero-order chi connectivity index (χ0) is 18.5. The van der Waals surface area contributed by atoms with Crippen molar-refractivity contribution in [1.29, 1.82) is 5.26 Å². The molecule has 7 heteroatoms. The van der Waals surface area contributed by atoms with E-state index >= 15 is 0 Å². The van der Waals surface area contributed by atoms with Crippen molar-refractivity contribution in [3.63, 3.8) is 0 Å². The summed E-state index contributed by atoms with van der Waals surface area (Å²) in [5.74, 6) is 0.787. The van der Waals surface area contributed by atoms with Crippen molar-refractivity contribution >= 4 is 23.5 Å². The van der Waals surface area contributed by atoms with Crippen molar-refractivity contribution < 1.29 is 4.74 Å². The van der Waals surface area contributed by atoms with Crippen LogP contribution < -0.4 is 10.3 Å². The van der Waals surface area contributed by atoms with Crippen LogP contribution in [0.25, 0.3) is 11.3 Å². The third-order valence-corrected chi connectivity index (χ3v) is 5.30. The Morgan fingerprint density at radius 1 is 1.15 bits per heavy atom. The monoisotopic (exact) mass is 381 g/mol. The second-order valence-electron chi connectivity index (χ2n) is 5.18. The smallest absolute Gasteiger partial charge is 0.270 e. The highest BCUT2D eigenvalue weighted by molar-refractivity contribution is 7.99. The summed E-state index contributed by atoms with van der Waals surface area (Å²) < 4.78 is 5.19. The molecule has 0 saturated carbocycles. The molecule has 0 fully saturated rings. The molecule has 2 aromatic carbocycles. The van der Waals surface area contributed by atoms with Crippen LogP contribution in [-0.4, -0.2) is 23.3 Å². The Bertz CT molecular complexity index is 1020. The van der Waals surface area contributed by atoms with Crippen molar-refractivity contribution in [2.75, 3.05) is 13.4 Å². The van der Waals surface area contributed by atoms with Gasteiger partial charge in [0, 0.05) is 15.4 Å². The number of methoxy groups -OCH3 is 1. The number of hydrogen-bond donors (Lipinski definition) is 1. The lowest BCUT2D eigenvalue weighted by Gasteiger charge is -2.11. The van der Waals surface area contributed by atoms with Crippen LogP contribution in [0.4, 0.5) is 0 Å². The summed E-state index contributed by atoms with van der Waals surface area (Å²) in [6, 6.07) is 17.3. The number of thioether (sulfide) groups is 1. The molecule has 0 unspecified atom stereocenters. The number of aromatic amines is 1. The quantitative estimate of drug-likeness (QED) is 0.527. The van der Waals surface area contributed by atoms with Gasteiger partial charge in [-0.2, -0.15) is 5.26 Å². The Morgan fingerprint density at radius 3 is 2.54 bits per heavy atom. The van der Waals surface area contributed by atoms with Crippen LogP contribution in [0.5, 0.6) is 5.75 Å². The van der Waals surface area contributed by atoms with Crippen LogP contribution in [0, 0.1) is 11.3 Å². The standard InChI is InChI=1S/C19H15N3O2S2/c1-24-12-7-9-13(10-8-12)26-16-6-4-3-5-14(16)17-15(11-20)18(23)22-19(21-17)25-2/h3-10H,1-2H3,(H,21,22,23). The van der Waals surface area contributed by atoms with Gasteiger partial charge in [-0.1, -0.05) is 41.7 Å². The summed E-state index contributed by atoms with van der Waals surface area (Å²) in [6.07, 6.45) is 1.83. The predicted molar refractivity (Wildman–Crippen MR) is 104 cm³/mol. The number of nitriles is 1. The number of benzene rings is 2. The molecule has 3 aromatic rings. The maximum absolute atomic E-state index is 12.2. The van der Waals surface area contributed by atoms with E-state index in [1.807, 2.05) is 60.9 Å². The van der Waals surface area contributed by atoms with E-state index in [1.165, 1.54) is 11.8 Å². The van der Waals surface area contributed by atoms with Gasteiger partial charge in [0.05, 0.1) is 12.8 Å². The fourth-order valence-electron chi connectivity index (χ4n) is 2.37. The number of nitrogens with one attached hydrogen (secondary N) is 1. The van der Waals surface area contributed by atoms with Crippen LogP contribution in [0.3, 0.4) is 0 Å². The van der Waals surface area contributed by atoms with E-state index in [1.54, 1.807) is 18.9 Å². The molecule has 5 nitrogen and oxygen atoms in total. The number of hydrogen-bond acceptors (Lipinski definition) is 6. The van der Waals surface area contributed by atoms with Crippen molar-refractivity contribution in [2.45, 2.75) is 14.9 Å². The summed E-state index contributed by atoms with van der Waals surface area (Å²) >= 11 is 2.87. The molecule has 1 N–H and O–H groups in total. The normalized spacial score (nSPS) is 10.3. The van der Waals surface area contributed by atoms with Gasteiger partial charge in [0.15, 0.2) is 5.16 Å². The molecule has 1 aromatic heterocycles. The van der Waals surface area contributed by atoms with Gasteiger partial charge in [-0.3, -0.25) is 4.79 Å². The lowest BCUT2D eigenvalue weighted by Crippen LogP contribution is -2.14. The van der Waals surface area contributed by atoms with E-state index < -0.39 is 5.56 Å². The molecule has 0 radical (unpaired) electrons. The molecule has 0 amide bonds. The molecule has 1 heterocycles. The maximum Gasteiger partial charge on any atom is 0.270 e. The molecule has 0 aliphatic rings. The first-order chi connectivity index (χ1) is 12.7. The van der Waals surface area contributed by atoms with Gasteiger partial charge >= 0.3 is 0 Å². The van der Waals surface area contributed by atoms with E-state index in [9.17, 15) is 10.1 Å². The second-order valence-corrected chi connectivity index (χ2v) is 7.09. The number of H-pyrrole nitrogens is 1. The molecule has 0 spiro atoms. The Kier molecular flexibility index (Phi) is 5.66. The molecule has 3 rings (SSSR count). The summed E-state index contributed by atoms with van der Waals surface area (Å²) in [4.78, 5) is 21.2. The van der Waals surface area contributed by atoms with Gasteiger partial charge in [-0.25, -0.2) is 4.98 Å².